The van der Waals surface area contributed by atoms with Gasteiger partial charge in [-0.3, -0.25) is 0 Å². The third-order valence-corrected chi connectivity index (χ3v) is 6.50. The Bertz CT molecular complexity index is 598. The van der Waals surface area contributed by atoms with Gasteiger partial charge in [-0.05, 0) is 92.1 Å². The van der Waals surface area contributed by atoms with Crippen LogP contribution in [0.4, 0.5) is 10.1 Å². The second-order valence-corrected chi connectivity index (χ2v) is 8.67. The summed E-state index contributed by atoms with van der Waals surface area (Å²) < 4.78 is 13.2. The average Bonchev–Trinajstić information content (AvgIpc) is 2.48. The van der Waals surface area contributed by atoms with Crippen molar-refractivity contribution in [1.82, 2.24) is 5.32 Å². The van der Waals surface area contributed by atoms with Crippen LogP contribution in [0.2, 0.25) is 5.02 Å². The molecule has 1 aromatic rings. The highest BCUT2D eigenvalue weighted by Crippen LogP contribution is 2.59. The molecule has 124 valence electrons. The maximum Gasteiger partial charge on any atom is 0.170 e. The number of hydrogen-bond acceptors (Lipinski definition) is 1. The minimum atomic E-state index is -0.412. The molecule has 5 heteroatoms. The van der Waals surface area contributed by atoms with Crippen molar-refractivity contribution in [2.75, 3.05) is 11.9 Å². The fourth-order valence-corrected chi connectivity index (χ4v) is 5.89. The molecule has 2 nitrogen and oxygen atoms in total. The third-order valence-electron chi connectivity index (χ3n) is 5.97. The molecule has 0 aromatic heterocycles. The molecule has 5 rings (SSSR count). The van der Waals surface area contributed by atoms with Gasteiger partial charge in [-0.15, -0.1) is 0 Å². The highest BCUT2D eigenvalue weighted by Gasteiger charge is 2.50. The van der Waals surface area contributed by atoms with Gasteiger partial charge in [0, 0.05) is 12.2 Å². The summed E-state index contributed by atoms with van der Waals surface area (Å²) in [6, 6.07) is 4.57. The van der Waals surface area contributed by atoms with Crippen LogP contribution in [0.3, 0.4) is 0 Å². The van der Waals surface area contributed by atoms with Crippen LogP contribution >= 0.6 is 23.8 Å². The van der Waals surface area contributed by atoms with E-state index in [2.05, 4.69) is 10.6 Å². The van der Waals surface area contributed by atoms with E-state index in [1.165, 1.54) is 44.6 Å². The number of anilines is 1. The van der Waals surface area contributed by atoms with E-state index in [0.717, 1.165) is 30.0 Å². The molecular weight excluding hydrogens is 331 g/mol. The first-order valence-electron chi connectivity index (χ1n) is 8.51. The summed E-state index contributed by atoms with van der Waals surface area (Å²) >= 11 is 11.2. The summed E-state index contributed by atoms with van der Waals surface area (Å²) in [7, 11) is 0. The minimum absolute atomic E-state index is 0.110. The molecule has 4 aliphatic carbocycles. The summed E-state index contributed by atoms with van der Waals surface area (Å²) in [5, 5.41) is 7.23. The molecule has 4 fully saturated rings. The maximum atomic E-state index is 13.2. The van der Waals surface area contributed by atoms with Gasteiger partial charge in [0.15, 0.2) is 5.11 Å². The van der Waals surface area contributed by atoms with Crippen LogP contribution in [0, 0.1) is 29.0 Å². The molecule has 0 spiro atoms. The predicted octanol–water partition coefficient (Wildman–Crippen LogP) is 4.98. The molecule has 0 saturated heterocycles. The zero-order valence-corrected chi connectivity index (χ0v) is 14.7. The van der Waals surface area contributed by atoms with Gasteiger partial charge < -0.3 is 10.6 Å². The monoisotopic (exact) mass is 352 g/mol. The Hall–Kier alpha value is -0.870. The standard InChI is InChI=1S/C18H22ClFN2S/c19-15-6-14(1-2-16(15)20)22-17(23)21-10-18-7-11-3-12(8-18)5-13(4-11)9-18/h1-2,6,11-13H,3-5,7-10H2,(H2,21,22,23). The van der Waals surface area contributed by atoms with Crippen molar-refractivity contribution in [2.24, 2.45) is 23.2 Å². The fourth-order valence-electron chi connectivity index (χ4n) is 5.52. The fraction of sp³-hybridized carbons (Fsp3) is 0.611. The van der Waals surface area contributed by atoms with Gasteiger partial charge in [0.25, 0.3) is 0 Å². The van der Waals surface area contributed by atoms with E-state index >= 15 is 0 Å². The Balaban J connectivity index is 1.35. The lowest BCUT2D eigenvalue weighted by Gasteiger charge is -2.57. The Morgan fingerprint density at radius 2 is 1.78 bits per heavy atom. The zero-order valence-electron chi connectivity index (χ0n) is 13.1. The molecule has 1 aromatic carbocycles. The first-order chi connectivity index (χ1) is 11.0. The zero-order chi connectivity index (χ0) is 16.0. The van der Waals surface area contributed by atoms with Crippen molar-refractivity contribution in [3.8, 4) is 0 Å². The molecular formula is C18H22ClFN2S. The van der Waals surface area contributed by atoms with Crippen molar-refractivity contribution in [3.05, 3.63) is 29.0 Å². The second kappa shape index (κ2) is 5.89. The first-order valence-corrected chi connectivity index (χ1v) is 9.30. The second-order valence-electron chi connectivity index (χ2n) is 7.85. The van der Waals surface area contributed by atoms with Gasteiger partial charge in [0.1, 0.15) is 5.82 Å². The van der Waals surface area contributed by atoms with Crippen LogP contribution in [-0.4, -0.2) is 11.7 Å². The van der Waals surface area contributed by atoms with E-state index in [-0.39, 0.29) is 5.02 Å². The van der Waals surface area contributed by atoms with Gasteiger partial charge in [-0.1, -0.05) is 11.6 Å². The van der Waals surface area contributed by atoms with E-state index in [1.807, 2.05) is 0 Å². The molecule has 0 atom stereocenters. The lowest BCUT2D eigenvalue weighted by molar-refractivity contribution is -0.0490. The van der Waals surface area contributed by atoms with Crippen molar-refractivity contribution >= 4 is 34.6 Å². The minimum Gasteiger partial charge on any atom is -0.362 e. The highest BCUT2D eigenvalue weighted by atomic mass is 35.5. The highest BCUT2D eigenvalue weighted by molar-refractivity contribution is 7.80. The number of rotatable bonds is 3. The summed E-state index contributed by atoms with van der Waals surface area (Å²) in [6.45, 7) is 0.956. The number of halogens is 2. The number of benzene rings is 1. The van der Waals surface area contributed by atoms with Crippen LogP contribution < -0.4 is 10.6 Å². The SMILES string of the molecule is Fc1ccc(NC(=S)NCC23CC4CC(CC(C4)C2)C3)cc1Cl. The van der Waals surface area contributed by atoms with E-state index in [0.29, 0.717) is 10.5 Å². The summed E-state index contributed by atoms with van der Waals surface area (Å²) in [5.41, 5.74) is 1.17. The molecule has 0 radical (unpaired) electrons. The van der Waals surface area contributed by atoms with Gasteiger partial charge in [0.2, 0.25) is 0 Å². The van der Waals surface area contributed by atoms with Crippen molar-refractivity contribution in [1.29, 1.82) is 0 Å². The van der Waals surface area contributed by atoms with Gasteiger partial charge in [0.05, 0.1) is 5.02 Å². The van der Waals surface area contributed by atoms with Crippen molar-refractivity contribution < 1.29 is 4.39 Å². The molecule has 4 saturated carbocycles. The third kappa shape index (κ3) is 3.20. The van der Waals surface area contributed by atoms with E-state index in [9.17, 15) is 4.39 Å². The summed E-state index contributed by atoms with van der Waals surface area (Å²) in [6.07, 6.45) is 8.44. The predicted molar refractivity (Wildman–Crippen MR) is 96.2 cm³/mol. The Morgan fingerprint density at radius 1 is 1.17 bits per heavy atom. The maximum absolute atomic E-state index is 13.2. The largest absolute Gasteiger partial charge is 0.362 e. The van der Waals surface area contributed by atoms with Crippen LogP contribution in [0.15, 0.2) is 18.2 Å². The van der Waals surface area contributed by atoms with Gasteiger partial charge in [-0.25, -0.2) is 4.39 Å². The lowest BCUT2D eigenvalue weighted by Crippen LogP contribution is -2.51. The smallest absolute Gasteiger partial charge is 0.170 e. The quantitative estimate of drug-likeness (QED) is 0.750. The molecule has 0 unspecified atom stereocenters. The molecule has 4 aliphatic rings. The number of hydrogen-bond donors (Lipinski definition) is 2. The van der Waals surface area contributed by atoms with Crippen LogP contribution in [0.1, 0.15) is 38.5 Å². The van der Waals surface area contributed by atoms with Gasteiger partial charge >= 0.3 is 0 Å². The van der Waals surface area contributed by atoms with E-state index < -0.39 is 5.82 Å². The summed E-state index contributed by atoms with van der Waals surface area (Å²) in [5.74, 6) is 2.42. The molecule has 0 heterocycles. The molecule has 2 N–H and O–H groups in total. The Morgan fingerprint density at radius 3 is 2.35 bits per heavy atom. The first kappa shape index (κ1) is 15.6. The van der Waals surface area contributed by atoms with Crippen LogP contribution in [0.25, 0.3) is 0 Å². The van der Waals surface area contributed by atoms with Crippen molar-refractivity contribution in [2.45, 2.75) is 38.5 Å². The molecule has 23 heavy (non-hydrogen) atoms. The number of thiocarbonyl (C=S) groups is 1. The van der Waals surface area contributed by atoms with E-state index in [4.69, 9.17) is 23.8 Å². The van der Waals surface area contributed by atoms with Crippen LogP contribution in [-0.2, 0) is 0 Å². The molecule has 4 bridgehead atoms. The lowest BCUT2D eigenvalue weighted by atomic mass is 9.49. The topological polar surface area (TPSA) is 24.1 Å². The molecule has 0 amide bonds. The van der Waals surface area contributed by atoms with Gasteiger partial charge in [-0.2, -0.15) is 0 Å². The number of nitrogens with one attached hydrogen (secondary N) is 2. The van der Waals surface area contributed by atoms with E-state index in [1.54, 1.807) is 12.1 Å². The normalized spacial score (nSPS) is 34.4. The molecule has 0 aliphatic heterocycles. The summed E-state index contributed by atoms with van der Waals surface area (Å²) in [4.78, 5) is 0. The van der Waals surface area contributed by atoms with Crippen molar-refractivity contribution in [3.63, 3.8) is 0 Å². The average molecular weight is 353 g/mol. The Kier molecular flexibility index (Phi) is 4.01. The van der Waals surface area contributed by atoms with Crippen LogP contribution in [0.5, 0.6) is 0 Å². The Labute approximate surface area is 147 Å².